The molecule has 3 heteroatoms. The lowest BCUT2D eigenvalue weighted by molar-refractivity contribution is -0.139. The number of rotatable bonds is 3. The third kappa shape index (κ3) is 2.04. The standard InChI is InChI=1S/C19H19NO2/c1-12(20-18(21)8-9-19(20)22)14-4-6-15(7-5-14)17-11-13-2-3-16(17)10-13/h2-9,12-13,16-17H,10-11H2,1H3. The first-order chi connectivity index (χ1) is 10.6. The number of nitrogens with zero attached hydrogens (tertiary/aromatic N) is 1. The van der Waals surface area contributed by atoms with Crippen molar-refractivity contribution in [2.24, 2.45) is 11.8 Å². The summed E-state index contributed by atoms with van der Waals surface area (Å²) in [5.74, 6) is 1.65. The van der Waals surface area contributed by atoms with E-state index >= 15 is 0 Å². The van der Waals surface area contributed by atoms with Gasteiger partial charge in [-0.1, -0.05) is 36.4 Å². The van der Waals surface area contributed by atoms with Crippen molar-refractivity contribution in [2.75, 3.05) is 0 Å². The number of hydrogen-bond donors (Lipinski definition) is 0. The number of carbonyl (C=O) groups is 2. The molecule has 3 nitrogen and oxygen atoms in total. The molecule has 112 valence electrons. The number of fused-ring (bicyclic) bond motifs is 2. The largest absolute Gasteiger partial charge is 0.269 e. The Morgan fingerprint density at radius 2 is 1.68 bits per heavy atom. The van der Waals surface area contributed by atoms with Crippen molar-refractivity contribution in [3.8, 4) is 0 Å². The van der Waals surface area contributed by atoms with E-state index in [4.69, 9.17) is 0 Å². The zero-order chi connectivity index (χ0) is 15.3. The first-order valence-corrected chi connectivity index (χ1v) is 7.97. The predicted molar refractivity (Wildman–Crippen MR) is 83.9 cm³/mol. The summed E-state index contributed by atoms with van der Waals surface area (Å²) in [4.78, 5) is 24.9. The summed E-state index contributed by atoms with van der Waals surface area (Å²) < 4.78 is 0. The lowest BCUT2D eigenvalue weighted by Gasteiger charge is -2.24. The van der Waals surface area contributed by atoms with E-state index in [-0.39, 0.29) is 17.9 Å². The molecule has 0 aromatic heterocycles. The van der Waals surface area contributed by atoms with Crippen LogP contribution in [0.4, 0.5) is 0 Å². The van der Waals surface area contributed by atoms with Gasteiger partial charge in [-0.15, -0.1) is 0 Å². The van der Waals surface area contributed by atoms with Gasteiger partial charge in [0.15, 0.2) is 0 Å². The van der Waals surface area contributed by atoms with E-state index in [2.05, 4.69) is 36.4 Å². The molecule has 1 saturated carbocycles. The summed E-state index contributed by atoms with van der Waals surface area (Å²) in [6.45, 7) is 1.90. The molecule has 1 aromatic rings. The smallest absolute Gasteiger partial charge is 0.254 e. The summed E-state index contributed by atoms with van der Waals surface area (Å²) in [6, 6.07) is 8.25. The van der Waals surface area contributed by atoms with E-state index in [1.54, 1.807) is 0 Å². The number of hydrogen-bond acceptors (Lipinski definition) is 2. The highest BCUT2D eigenvalue weighted by Crippen LogP contribution is 2.48. The zero-order valence-electron chi connectivity index (χ0n) is 12.6. The predicted octanol–water partition coefficient (Wildman–Crippen LogP) is 3.35. The van der Waals surface area contributed by atoms with Crippen molar-refractivity contribution in [3.05, 3.63) is 59.7 Å². The quantitative estimate of drug-likeness (QED) is 0.633. The highest BCUT2D eigenvalue weighted by atomic mass is 16.2. The highest BCUT2D eigenvalue weighted by Gasteiger charge is 2.36. The topological polar surface area (TPSA) is 37.4 Å². The molecule has 0 radical (unpaired) electrons. The second kappa shape index (κ2) is 4.94. The molecule has 0 spiro atoms. The maximum Gasteiger partial charge on any atom is 0.254 e. The Balaban J connectivity index is 1.53. The van der Waals surface area contributed by atoms with Crippen LogP contribution in [0.5, 0.6) is 0 Å². The van der Waals surface area contributed by atoms with Crippen molar-refractivity contribution in [1.29, 1.82) is 0 Å². The van der Waals surface area contributed by atoms with Crippen LogP contribution in [-0.4, -0.2) is 16.7 Å². The van der Waals surface area contributed by atoms with Crippen molar-refractivity contribution < 1.29 is 9.59 Å². The van der Waals surface area contributed by atoms with Gasteiger partial charge in [-0.3, -0.25) is 14.5 Å². The Labute approximate surface area is 130 Å². The normalized spacial score (nSPS) is 30.6. The number of benzene rings is 1. The van der Waals surface area contributed by atoms with Gasteiger partial charge >= 0.3 is 0 Å². The minimum absolute atomic E-state index is 0.219. The fourth-order valence-corrected chi connectivity index (χ4v) is 4.13. The molecule has 22 heavy (non-hydrogen) atoms. The molecule has 0 saturated heterocycles. The van der Waals surface area contributed by atoms with Crippen LogP contribution in [0.3, 0.4) is 0 Å². The second-order valence-electron chi connectivity index (χ2n) is 6.61. The molecule has 4 unspecified atom stereocenters. The number of allylic oxidation sites excluding steroid dienone is 2. The van der Waals surface area contributed by atoms with E-state index in [9.17, 15) is 9.59 Å². The third-order valence-corrected chi connectivity index (χ3v) is 5.36. The number of amides is 2. The van der Waals surface area contributed by atoms with Crippen LogP contribution in [-0.2, 0) is 9.59 Å². The van der Waals surface area contributed by atoms with Crippen LogP contribution >= 0.6 is 0 Å². The van der Waals surface area contributed by atoms with Gasteiger partial charge in [0, 0.05) is 12.2 Å². The van der Waals surface area contributed by atoms with Crippen molar-refractivity contribution in [2.45, 2.75) is 31.7 Å². The van der Waals surface area contributed by atoms with E-state index in [1.165, 1.54) is 35.5 Å². The maximum absolute atomic E-state index is 11.8. The Morgan fingerprint density at radius 3 is 2.23 bits per heavy atom. The summed E-state index contributed by atoms with van der Waals surface area (Å²) in [5, 5.41) is 0. The summed E-state index contributed by atoms with van der Waals surface area (Å²) in [5.41, 5.74) is 2.39. The van der Waals surface area contributed by atoms with Crippen molar-refractivity contribution >= 4 is 11.8 Å². The second-order valence-corrected chi connectivity index (χ2v) is 6.61. The van der Waals surface area contributed by atoms with Gasteiger partial charge in [0.05, 0.1) is 6.04 Å². The monoisotopic (exact) mass is 293 g/mol. The molecule has 0 N–H and O–H groups in total. The van der Waals surface area contributed by atoms with Gasteiger partial charge in [0.25, 0.3) is 11.8 Å². The molecule has 2 aliphatic carbocycles. The lowest BCUT2D eigenvalue weighted by Crippen LogP contribution is -2.32. The zero-order valence-corrected chi connectivity index (χ0v) is 12.6. The van der Waals surface area contributed by atoms with Crippen LogP contribution in [0.25, 0.3) is 0 Å². The molecular weight excluding hydrogens is 274 g/mol. The third-order valence-electron chi connectivity index (χ3n) is 5.36. The average Bonchev–Trinajstić information content (AvgIpc) is 3.23. The molecular formula is C19H19NO2. The molecule has 4 atom stereocenters. The highest BCUT2D eigenvalue weighted by molar-refractivity contribution is 6.13. The molecule has 1 fully saturated rings. The van der Waals surface area contributed by atoms with Gasteiger partial charge in [-0.2, -0.15) is 0 Å². The molecule has 3 aliphatic rings. The average molecular weight is 293 g/mol. The summed E-state index contributed by atoms with van der Waals surface area (Å²) in [7, 11) is 0. The van der Waals surface area contributed by atoms with Crippen LogP contribution in [0.15, 0.2) is 48.6 Å². The Kier molecular flexibility index (Phi) is 3.03. The molecule has 2 bridgehead atoms. The SMILES string of the molecule is CC(c1ccc(C2CC3C=CC2C3)cc1)N1C(=O)C=CC1=O. The van der Waals surface area contributed by atoms with Crippen LogP contribution < -0.4 is 0 Å². The maximum atomic E-state index is 11.8. The van der Waals surface area contributed by atoms with Gasteiger partial charge in [-0.05, 0) is 48.6 Å². The molecule has 4 rings (SSSR count). The van der Waals surface area contributed by atoms with E-state index in [1.807, 2.05) is 6.92 Å². The van der Waals surface area contributed by atoms with Gasteiger partial charge in [-0.25, -0.2) is 0 Å². The van der Waals surface area contributed by atoms with Crippen LogP contribution in [0, 0.1) is 11.8 Å². The van der Waals surface area contributed by atoms with E-state index < -0.39 is 0 Å². The molecule has 2 amide bonds. The fraction of sp³-hybridized carbons (Fsp3) is 0.368. The van der Waals surface area contributed by atoms with Gasteiger partial charge in [0.1, 0.15) is 0 Å². The van der Waals surface area contributed by atoms with Crippen molar-refractivity contribution in [3.63, 3.8) is 0 Å². The number of carbonyl (C=O) groups excluding carboxylic acids is 2. The Bertz CT molecular complexity index is 668. The minimum atomic E-state index is -0.222. The van der Waals surface area contributed by atoms with Crippen LogP contribution in [0.1, 0.15) is 42.9 Å². The van der Waals surface area contributed by atoms with E-state index in [0.717, 1.165) is 11.5 Å². The fourth-order valence-electron chi connectivity index (χ4n) is 4.13. The summed E-state index contributed by atoms with van der Waals surface area (Å²) >= 11 is 0. The molecule has 1 aliphatic heterocycles. The Morgan fingerprint density at radius 1 is 1.00 bits per heavy atom. The minimum Gasteiger partial charge on any atom is -0.269 e. The van der Waals surface area contributed by atoms with Gasteiger partial charge < -0.3 is 0 Å². The first-order valence-electron chi connectivity index (χ1n) is 7.97. The van der Waals surface area contributed by atoms with E-state index in [0.29, 0.717) is 11.8 Å². The molecule has 1 heterocycles. The first kappa shape index (κ1) is 13.5. The summed E-state index contributed by atoms with van der Waals surface area (Å²) in [6.07, 6.45) is 9.95. The lowest BCUT2D eigenvalue weighted by atomic mass is 9.86. The Hall–Kier alpha value is -2.16. The molecule has 1 aromatic carbocycles. The number of imide groups is 1. The van der Waals surface area contributed by atoms with Crippen molar-refractivity contribution in [1.82, 2.24) is 4.90 Å². The van der Waals surface area contributed by atoms with Gasteiger partial charge in [0.2, 0.25) is 0 Å². The van der Waals surface area contributed by atoms with Crippen LogP contribution in [0.2, 0.25) is 0 Å².